The van der Waals surface area contributed by atoms with Crippen LogP contribution in [0.4, 0.5) is 9.80 Å². The lowest BCUT2D eigenvalue weighted by Crippen LogP contribution is -2.31. The van der Waals surface area contributed by atoms with Gasteiger partial charge in [0.15, 0.2) is 9.84 Å². The molecule has 2 aromatic rings. The number of hydrogen-bond acceptors (Lipinski definition) is 10. The number of benzene rings is 1. The molecular formula is C22H26N2O9S2. The first-order valence-electron chi connectivity index (χ1n) is 10.4. The maximum Gasteiger partial charge on any atom is 0.413 e. The highest BCUT2D eigenvalue weighted by Gasteiger charge is 2.27. The molecule has 35 heavy (non-hydrogen) atoms. The molecule has 2 N–H and O–H groups in total. The van der Waals surface area contributed by atoms with E-state index < -0.39 is 33.7 Å². The predicted molar refractivity (Wildman–Crippen MR) is 128 cm³/mol. The highest BCUT2D eigenvalue weighted by molar-refractivity contribution is 7.91. The number of carbonyl (C=O) groups excluding carboxylic acids is 4. The lowest BCUT2D eigenvalue weighted by atomic mass is 10.1. The molecule has 0 radical (unpaired) electrons. The first-order chi connectivity index (χ1) is 16.5. The number of esters is 1. The number of hydrogen-bond donors (Lipinski definition) is 2. The molecule has 13 heteroatoms. The van der Waals surface area contributed by atoms with Crippen LogP contribution in [-0.2, 0) is 24.1 Å². The van der Waals surface area contributed by atoms with Crippen LogP contribution >= 0.6 is 11.3 Å². The van der Waals surface area contributed by atoms with Crippen LogP contribution in [0.3, 0.4) is 0 Å². The highest BCUT2D eigenvalue weighted by atomic mass is 32.2. The molecule has 190 valence electrons. The molecule has 1 aromatic carbocycles. The van der Waals surface area contributed by atoms with Gasteiger partial charge in [-0.15, -0.1) is 11.3 Å². The Morgan fingerprint density at radius 3 is 2.29 bits per heavy atom. The minimum absolute atomic E-state index is 0.0129. The molecule has 0 aliphatic rings. The zero-order chi connectivity index (χ0) is 26.2. The van der Waals surface area contributed by atoms with Crippen molar-refractivity contribution in [1.82, 2.24) is 5.32 Å². The summed E-state index contributed by atoms with van der Waals surface area (Å²) in [5.74, 6) is -1.89. The second kappa shape index (κ2) is 12.3. The third kappa shape index (κ3) is 7.26. The van der Waals surface area contributed by atoms with E-state index in [2.05, 4.69) is 10.1 Å². The van der Waals surface area contributed by atoms with Gasteiger partial charge in [-0.1, -0.05) is 0 Å². The largest absolute Gasteiger partial charge is 0.497 e. The van der Waals surface area contributed by atoms with Gasteiger partial charge in [0.1, 0.15) is 15.6 Å². The summed E-state index contributed by atoms with van der Waals surface area (Å²) in [5.41, 5.74) is 0.120. The zero-order valence-electron chi connectivity index (χ0n) is 19.6. The molecule has 0 atom stereocenters. The van der Waals surface area contributed by atoms with E-state index in [1.807, 2.05) is 5.32 Å². The van der Waals surface area contributed by atoms with Crippen molar-refractivity contribution >= 4 is 50.1 Å². The number of thiophene rings is 1. The van der Waals surface area contributed by atoms with Gasteiger partial charge in [0.25, 0.3) is 5.91 Å². The summed E-state index contributed by atoms with van der Waals surface area (Å²) in [4.78, 5) is 49.0. The van der Waals surface area contributed by atoms with E-state index in [-0.39, 0.29) is 51.1 Å². The van der Waals surface area contributed by atoms with Gasteiger partial charge in [-0.2, -0.15) is 0 Å². The van der Waals surface area contributed by atoms with Crippen LogP contribution in [0.1, 0.15) is 45.4 Å². The summed E-state index contributed by atoms with van der Waals surface area (Å²) >= 11 is 0.815. The fourth-order valence-corrected chi connectivity index (χ4v) is 5.41. The maximum absolute atomic E-state index is 12.6. The van der Waals surface area contributed by atoms with Crippen LogP contribution < -0.4 is 15.4 Å². The van der Waals surface area contributed by atoms with E-state index in [4.69, 9.17) is 9.47 Å². The van der Waals surface area contributed by atoms with Gasteiger partial charge in [0.05, 0.1) is 37.0 Å². The summed E-state index contributed by atoms with van der Waals surface area (Å²) in [6.07, 6.45) is -1.17. The average Bonchev–Trinajstić information content (AvgIpc) is 3.14. The monoisotopic (exact) mass is 526 g/mol. The van der Waals surface area contributed by atoms with E-state index in [0.29, 0.717) is 5.75 Å². The van der Waals surface area contributed by atoms with E-state index in [1.54, 1.807) is 6.92 Å². The third-order valence-corrected chi connectivity index (χ3v) is 7.73. The standard InChI is InChI=1S/C22H26N2O9S2/c1-5-33-21(27)18-13(2)17(19(26)24-22(28)32-4)20(34-18)23-16(25)7-6-12-35(29,30)15-10-8-14(31-3)9-11-15/h8-11H,5-7,12H2,1-4H3,(H,23,25)(H,24,26,28). The summed E-state index contributed by atoms with van der Waals surface area (Å²) in [6, 6.07) is 5.90. The molecule has 1 heterocycles. The topological polar surface area (TPSA) is 154 Å². The van der Waals surface area contributed by atoms with Crippen molar-refractivity contribution in [2.24, 2.45) is 0 Å². The van der Waals surface area contributed by atoms with Crippen molar-refractivity contribution in [3.63, 3.8) is 0 Å². The molecule has 0 aliphatic heterocycles. The smallest absolute Gasteiger partial charge is 0.413 e. The summed E-state index contributed by atoms with van der Waals surface area (Å²) < 4.78 is 39.4. The lowest BCUT2D eigenvalue weighted by Gasteiger charge is -2.08. The molecule has 11 nitrogen and oxygen atoms in total. The zero-order valence-corrected chi connectivity index (χ0v) is 21.3. The van der Waals surface area contributed by atoms with Crippen LogP contribution in [0, 0.1) is 6.92 Å². The Morgan fingerprint density at radius 2 is 1.71 bits per heavy atom. The van der Waals surface area contributed by atoms with Gasteiger partial charge in [0, 0.05) is 6.42 Å². The number of ether oxygens (including phenoxy) is 3. The van der Waals surface area contributed by atoms with Gasteiger partial charge in [-0.25, -0.2) is 18.0 Å². The summed E-state index contributed by atoms with van der Waals surface area (Å²) in [5, 5.41) is 4.54. The minimum atomic E-state index is -3.62. The molecule has 0 saturated heterocycles. The normalized spacial score (nSPS) is 10.9. The first-order valence-corrected chi connectivity index (χ1v) is 12.9. The molecule has 0 spiro atoms. The fourth-order valence-electron chi connectivity index (χ4n) is 2.99. The second-order valence-electron chi connectivity index (χ2n) is 7.07. The Labute approximate surface area is 206 Å². The van der Waals surface area contributed by atoms with Crippen molar-refractivity contribution < 1.29 is 41.8 Å². The Kier molecular flexibility index (Phi) is 9.78. The number of imide groups is 1. The quantitative estimate of drug-likeness (QED) is 0.445. The summed E-state index contributed by atoms with van der Waals surface area (Å²) in [7, 11) is -1.07. The Morgan fingerprint density at radius 1 is 1.06 bits per heavy atom. The Balaban J connectivity index is 2.14. The van der Waals surface area contributed by atoms with Gasteiger partial charge in [-0.05, 0) is 50.1 Å². The van der Waals surface area contributed by atoms with E-state index >= 15 is 0 Å². The van der Waals surface area contributed by atoms with Gasteiger partial charge >= 0.3 is 12.1 Å². The molecule has 0 unspecified atom stereocenters. The number of carbonyl (C=O) groups is 4. The van der Waals surface area contributed by atoms with Crippen molar-refractivity contribution in [2.75, 3.05) is 31.9 Å². The van der Waals surface area contributed by atoms with Crippen LogP contribution in [0.5, 0.6) is 5.75 Å². The Bertz CT molecular complexity index is 1200. The number of alkyl carbamates (subject to hydrolysis) is 1. The number of anilines is 1. The van der Waals surface area contributed by atoms with Crippen LogP contribution in [0.15, 0.2) is 29.2 Å². The molecule has 0 saturated carbocycles. The van der Waals surface area contributed by atoms with E-state index in [0.717, 1.165) is 18.4 Å². The molecule has 0 fully saturated rings. The van der Waals surface area contributed by atoms with Gasteiger partial charge < -0.3 is 19.5 Å². The predicted octanol–water partition coefficient (Wildman–Crippen LogP) is 2.93. The highest BCUT2D eigenvalue weighted by Crippen LogP contribution is 2.34. The molecule has 1 aromatic heterocycles. The van der Waals surface area contributed by atoms with E-state index in [1.165, 1.54) is 38.3 Å². The number of nitrogens with one attached hydrogen (secondary N) is 2. The summed E-state index contributed by atoms with van der Waals surface area (Å²) in [6.45, 7) is 3.20. The molecule has 0 aliphatic carbocycles. The van der Waals surface area contributed by atoms with Crippen molar-refractivity contribution in [1.29, 1.82) is 0 Å². The van der Waals surface area contributed by atoms with Crippen molar-refractivity contribution in [3.05, 3.63) is 40.3 Å². The van der Waals surface area contributed by atoms with Crippen molar-refractivity contribution in [3.8, 4) is 5.75 Å². The molecule has 2 rings (SSSR count). The third-order valence-electron chi connectivity index (χ3n) is 4.72. The number of amides is 3. The van der Waals surface area contributed by atoms with Crippen molar-refractivity contribution in [2.45, 2.75) is 31.6 Å². The average molecular weight is 527 g/mol. The van der Waals surface area contributed by atoms with E-state index in [9.17, 15) is 27.6 Å². The van der Waals surface area contributed by atoms with Gasteiger partial charge in [-0.3, -0.25) is 14.9 Å². The lowest BCUT2D eigenvalue weighted by molar-refractivity contribution is -0.116. The number of methoxy groups -OCH3 is 2. The SMILES string of the molecule is CCOC(=O)c1sc(NC(=O)CCCS(=O)(=O)c2ccc(OC)cc2)c(C(=O)NC(=O)OC)c1C. The second-order valence-corrected chi connectivity index (χ2v) is 10.2. The number of rotatable bonds is 10. The van der Waals surface area contributed by atoms with Gasteiger partial charge in [0.2, 0.25) is 5.91 Å². The fraction of sp³-hybridized carbons (Fsp3) is 0.364. The Hall–Kier alpha value is -3.45. The van der Waals surface area contributed by atoms with Crippen LogP contribution in [-0.4, -0.2) is 58.9 Å². The minimum Gasteiger partial charge on any atom is -0.497 e. The maximum atomic E-state index is 12.6. The first kappa shape index (κ1) is 27.8. The number of sulfone groups is 1. The molecule has 0 bridgehead atoms. The van der Waals surface area contributed by atoms with Crippen LogP contribution in [0.25, 0.3) is 0 Å². The molecule has 3 amide bonds. The molecular weight excluding hydrogens is 500 g/mol. The van der Waals surface area contributed by atoms with Crippen LogP contribution in [0.2, 0.25) is 0 Å².